The first-order valence-corrected chi connectivity index (χ1v) is 13.9. The second-order valence-corrected chi connectivity index (χ2v) is 11.5. The number of halogens is 4. The Bertz CT molecular complexity index is 1510. The zero-order chi connectivity index (χ0) is 30.2. The summed E-state index contributed by atoms with van der Waals surface area (Å²) in [5.74, 6) is -1.06. The molecule has 0 radical (unpaired) electrons. The Morgan fingerprint density at radius 1 is 1.21 bits per heavy atom. The van der Waals surface area contributed by atoms with E-state index in [0.717, 1.165) is 11.1 Å². The van der Waals surface area contributed by atoms with Crippen LogP contribution in [0.2, 0.25) is 5.02 Å². The number of alkyl halides is 3. The van der Waals surface area contributed by atoms with E-state index in [1.165, 1.54) is 24.3 Å². The molecule has 12 heteroatoms. The van der Waals surface area contributed by atoms with Crippen LogP contribution in [-0.2, 0) is 4.79 Å². The fourth-order valence-electron chi connectivity index (χ4n) is 5.72. The van der Waals surface area contributed by atoms with E-state index in [4.69, 9.17) is 22.1 Å². The molecule has 4 N–H and O–H groups in total. The number of aromatic nitrogens is 2. The van der Waals surface area contributed by atoms with E-state index in [2.05, 4.69) is 21.9 Å². The molecule has 5 rings (SSSR count). The zero-order valence-corrected chi connectivity index (χ0v) is 23.7. The van der Waals surface area contributed by atoms with Gasteiger partial charge in [-0.25, -0.2) is 0 Å². The lowest BCUT2D eigenvalue weighted by Gasteiger charge is -2.39. The van der Waals surface area contributed by atoms with Gasteiger partial charge in [-0.05, 0) is 66.5 Å². The normalized spacial score (nSPS) is 19.1. The topological polar surface area (TPSA) is 114 Å². The van der Waals surface area contributed by atoms with Gasteiger partial charge in [-0.15, -0.1) is 0 Å². The van der Waals surface area contributed by atoms with Gasteiger partial charge >= 0.3 is 12.1 Å². The van der Waals surface area contributed by atoms with Crippen LogP contribution in [0.3, 0.4) is 0 Å². The number of rotatable bonds is 7. The van der Waals surface area contributed by atoms with Crippen LogP contribution in [0.5, 0.6) is 5.88 Å². The minimum atomic E-state index is -4.80. The van der Waals surface area contributed by atoms with Crippen LogP contribution in [0.1, 0.15) is 43.4 Å². The Morgan fingerprint density at radius 2 is 1.95 bits per heavy atom. The molecule has 8 nitrogen and oxygen atoms in total. The molecule has 2 fully saturated rings. The van der Waals surface area contributed by atoms with Crippen LogP contribution < -0.4 is 20.7 Å². The summed E-state index contributed by atoms with van der Waals surface area (Å²) in [5, 5.41) is 12.7. The van der Waals surface area contributed by atoms with Crippen molar-refractivity contribution >= 4 is 34.9 Å². The lowest BCUT2D eigenvalue weighted by molar-refractivity contribution is -0.198. The smallest absolute Gasteiger partial charge is 0.429 e. The van der Waals surface area contributed by atoms with E-state index in [1.807, 2.05) is 17.9 Å². The number of nitrogens with two attached hydrogens (primary N) is 1. The van der Waals surface area contributed by atoms with Crippen molar-refractivity contribution in [1.82, 2.24) is 15.3 Å². The lowest BCUT2D eigenvalue weighted by atomic mass is 9.76. The van der Waals surface area contributed by atoms with Crippen LogP contribution >= 0.6 is 11.6 Å². The summed E-state index contributed by atoms with van der Waals surface area (Å²) in [7, 11) is 0. The van der Waals surface area contributed by atoms with Gasteiger partial charge in [0.15, 0.2) is 0 Å². The SMILES string of the molecule is C=C(C)c1cccc(-c2cc(Cl)ccc2[C@@H](Oc2cc(N3CCC4(CC3)CNC(C(=O)O)C4)nc(N)n2)C(F)(F)F)c1. The van der Waals surface area contributed by atoms with Crippen molar-refractivity contribution in [1.29, 1.82) is 0 Å². The fourth-order valence-corrected chi connectivity index (χ4v) is 5.89. The van der Waals surface area contributed by atoms with Gasteiger partial charge in [-0.3, -0.25) is 4.79 Å². The largest absolute Gasteiger partial charge is 0.480 e. The third kappa shape index (κ3) is 6.32. The first-order valence-electron chi connectivity index (χ1n) is 13.5. The standard InChI is InChI=1S/C30H31ClF3N5O3/c1-17(2)18-4-3-5-19(12-18)22-13-20(31)6-7-21(22)26(30(32,33)34)42-25-14-24(37-28(35)38-25)39-10-8-29(9-11-39)15-23(27(40)41)36-16-29/h3-7,12-14,23,26,36H,1,8-11,15-16H2,2H3,(H,40,41)(H2,35,37,38)/t23?,26-/m1/s1. The molecule has 2 atom stereocenters. The highest BCUT2D eigenvalue weighted by molar-refractivity contribution is 6.30. The van der Waals surface area contributed by atoms with E-state index in [-0.39, 0.29) is 33.4 Å². The molecule has 1 aromatic heterocycles. The van der Waals surface area contributed by atoms with Gasteiger partial charge in [0.05, 0.1) is 0 Å². The summed E-state index contributed by atoms with van der Waals surface area (Å²) < 4.78 is 49.4. The number of piperidine rings is 1. The number of hydrogen-bond acceptors (Lipinski definition) is 7. The lowest BCUT2D eigenvalue weighted by Crippen LogP contribution is -2.41. The van der Waals surface area contributed by atoms with Crippen molar-refractivity contribution in [2.24, 2.45) is 5.41 Å². The molecule has 42 heavy (non-hydrogen) atoms. The second kappa shape index (κ2) is 11.4. The van der Waals surface area contributed by atoms with E-state index in [9.17, 15) is 23.1 Å². The number of nitrogens with zero attached hydrogens (tertiary/aromatic N) is 3. The molecule has 2 aromatic carbocycles. The fraction of sp³-hybridized carbons (Fsp3) is 0.367. The first kappa shape index (κ1) is 29.7. The molecule has 2 aliphatic rings. The van der Waals surface area contributed by atoms with Gasteiger partial charge in [0.1, 0.15) is 11.9 Å². The average Bonchev–Trinajstić information content (AvgIpc) is 3.35. The molecule has 0 amide bonds. The Hall–Kier alpha value is -3.83. The molecule has 1 spiro atoms. The summed E-state index contributed by atoms with van der Waals surface area (Å²) in [6.07, 6.45) is -5.24. The molecule has 222 valence electrons. The van der Waals surface area contributed by atoms with Crippen molar-refractivity contribution in [3.05, 3.63) is 71.3 Å². The zero-order valence-electron chi connectivity index (χ0n) is 22.9. The Balaban J connectivity index is 1.43. The second-order valence-electron chi connectivity index (χ2n) is 11.0. The van der Waals surface area contributed by atoms with Gasteiger partial charge < -0.3 is 25.8 Å². The van der Waals surface area contributed by atoms with Gasteiger partial charge in [0.25, 0.3) is 0 Å². The highest BCUT2D eigenvalue weighted by atomic mass is 35.5. The molecule has 3 aromatic rings. The molecule has 1 unspecified atom stereocenters. The maximum Gasteiger partial charge on any atom is 0.429 e. The van der Waals surface area contributed by atoms with Crippen LogP contribution in [0.4, 0.5) is 24.9 Å². The predicted octanol–water partition coefficient (Wildman–Crippen LogP) is 6.13. The number of hydrogen-bond donors (Lipinski definition) is 3. The molecular weight excluding hydrogens is 571 g/mol. The summed E-state index contributed by atoms with van der Waals surface area (Å²) in [6.45, 7) is 7.42. The minimum Gasteiger partial charge on any atom is -0.480 e. The third-order valence-corrected chi connectivity index (χ3v) is 8.25. The molecular formula is C30H31ClF3N5O3. The number of nitrogen functional groups attached to an aromatic ring is 1. The molecule has 0 saturated carbocycles. The van der Waals surface area contributed by atoms with E-state index < -0.39 is 24.3 Å². The number of carboxylic acid groups (broad SMARTS) is 1. The number of carboxylic acids is 1. The average molecular weight is 602 g/mol. The number of anilines is 2. The molecule has 3 heterocycles. The number of allylic oxidation sites excluding steroid dienone is 1. The van der Waals surface area contributed by atoms with E-state index in [0.29, 0.717) is 50.3 Å². The van der Waals surface area contributed by atoms with Crippen molar-refractivity contribution in [2.45, 2.75) is 44.5 Å². The highest BCUT2D eigenvalue weighted by Gasteiger charge is 2.46. The van der Waals surface area contributed by atoms with Gasteiger partial charge in [0, 0.05) is 36.3 Å². The maximum absolute atomic E-state index is 14.6. The molecule has 0 aliphatic carbocycles. The molecule has 2 aliphatic heterocycles. The monoisotopic (exact) mass is 601 g/mol. The van der Waals surface area contributed by atoms with Crippen molar-refractivity contribution < 1.29 is 27.8 Å². The Morgan fingerprint density at radius 3 is 2.60 bits per heavy atom. The number of benzene rings is 2. The number of aliphatic carboxylic acids is 1. The number of nitrogens with one attached hydrogen (secondary N) is 1. The van der Waals surface area contributed by atoms with Crippen LogP contribution in [0, 0.1) is 5.41 Å². The quantitative estimate of drug-likeness (QED) is 0.296. The number of ether oxygens (including phenoxy) is 1. The van der Waals surface area contributed by atoms with Gasteiger partial charge in [0.2, 0.25) is 17.9 Å². The maximum atomic E-state index is 14.6. The third-order valence-electron chi connectivity index (χ3n) is 8.01. The first-order chi connectivity index (χ1) is 19.8. The summed E-state index contributed by atoms with van der Waals surface area (Å²) >= 11 is 6.23. The Kier molecular flexibility index (Phi) is 8.08. The van der Waals surface area contributed by atoms with Gasteiger partial charge in [-0.2, -0.15) is 23.1 Å². The van der Waals surface area contributed by atoms with E-state index in [1.54, 1.807) is 18.2 Å². The molecule has 0 bridgehead atoms. The minimum absolute atomic E-state index is 0.133. The van der Waals surface area contributed by atoms with Crippen LogP contribution in [0.25, 0.3) is 16.7 Å². The summed E-state index contributed by atoms with van der Waals surface area (Å²) in [5.41, 5.74) is 8.00. The number of carbonyl (C=O) groups is 1. The van der Waals surface area contributed by atoms with Crippen LogP contribution in [0.15, 0.2) is 55.1 Å². The van der Waals surface area contributed by atoms with E-state index >= 15 is 0 Å². The summed E-state index contributed by atoms with van der Waals surface area (Å²) in [4.78, 5) is 21.5. The highest BCUT2D eigenvalue weighted by Crippen LogP contribution is 2.43. The Labute approximate surface area is 246 Å². The van der Waals surface area contributed by atoms with Gasteiger partial charge in [-0.1, -0.05) is 48.0 Å². The van der Waals surface area contributed by atoms with Crippen molar-refractivity contribution in [3.63, 3.8) is 0 Å². The van der Waals surface area contributed by atoms with Crippen LogP contribution in [-0.4, -0.2) is 52.9 Å². The molecule has 2 saturated heterocycles. The summed E-state index contributed by atoms with van der Waals surface area (Å²) in [6, 6.07) is 12.0. The van der Waals surface area contributed by atoms with Crippen molar-refractivity contribution in [2.75, 3.05) is 30.3 Å². The predicted molar refractivity (Wildman–Crippen MR) is 155 cm³/mol. The van der Waals surface area contributed by atoms with Crippen molar-refractivity contribution in [3.8, 4) is 17.0 Å².